The van der Waals surface area contributed by atoms with E-state index in [1.165, 1.54) is 19.3 Å². The van der Waals surface area contributed by atoms with Crippen LogP contribution >= 0.6 is 0 Å². The maximum absolute atomic E-state index is 11.9. The average Bonchev–Trinajstić information content (AvgIpc) is 2.37. The third kappa shape index (κ3) is 4.76. The molecule has 0 saturated heterocycles. The maximum atomic E-state index is 11.9. The van der Waals surface area contributed by atoms with Gasteiger partial charge in [-0.05, 0) is 69.2 Å². The minimum atomic E-state index is -0.00328. The van der Waals surface area contributed by atoms with Crippen molar-refractivity contribution in [2.24, 2.45) is 11.8 Å². The van der Waals surface area contributed by atoms with Crippen LogP contribution in [0.5, 0.6) is 0 Å². The van der Waals surface area contributed by atoms with Crippen LogP contribution in [0.15, 0.2) is 24.3 Å². The molecule has 0 bridgehead atoms. The fourth-order valence-corrected chi connectivity index (χ4v) is 3.36. The quantitative estimate of drug-likeness (QED) is 0.877. The van der Waals surface area contributed by atoms with Crippen LogP contribution in [0, 0.1) is 11.8 Å². The van der Waals surface area contributed by atoms with Crippen molar-refractivity contribution in [3.8, 4) is 0 Å². The molecular weight excluding hydrogens is 260 g/mol. The molecule has 21 heavy (non-hydrogen) atoms. The molecule has 0 heterocycles. The zero-order valence-electron chi connectivity index (χ0n) is 13.6. The summed E-state index contributed by atoms with van der Waals surface area (Å²) in [5.41, 5.74) is 1.84. The standard InChI is InChI=1S/C18H28N2O/c1-12(2)19-18(21)15-5-7-16(8-6-15)20-17-10-13(3)9-14(4)11-17/h5-8,12-14,17,20H,9-11H2,1-4H3,(H,19,21). The average molecular weight is 288 g/mol. The van der Waals surface area contributed by atoms with E-state index in [1.54, 1.807) is 0 Å². The summed E-state index contributed by atoms with van der Waals surface area (Å²) in [5.74, 6) is 1.58. The molecule has 1 aliphatic carbocycles. The van der Waals surface area contributed by atoms with E-state index < -0.39 is 0 Å². The second kappa shape index (κ2) is 6.97. The Bertz CT molecular complexity index is 457. The number of hydrogen-bond acceptors (Lipinski definition) is 2. The first-order valence-corrected chi connectivity index (χ1v) is 8.11. The second-order valence-electron chi connectivity index (χ2n) is 6.96. The van der Waals surface area contributed by atoms with E-state index in [0.29, 0.717) is 6.04 Å². The van der Waals surface area contributed by atoms with Gasteiger partial charge in [-0.25, -0.2) is 0 Å². The van der Waals surface area contributed by atoms with Crippen molar-refractivity contribution in [1.29, 1.82) is 0 Å². The van der Waals surface area contributed by atoms with Crippen molar-refractivity contribution in [3.05, 3.63) is 29.8 Å². The van der Waals surface area contributed by atoms with Crippen molar-refractivity contribution in [3.63, 3.8) is 0 Å². The Kier molecular flexibility index (Phi) is 5.27. The minimum Gasteiger partial charge on any atom is -0.382 e. The predicted molar refractivity (Wildman–Crippen MR) is 88.6 cm³/mol. The molecule has 0 aromatic heterocycles. The lowest BCUT2D eigenvalue weighted by Gasteiger charge is -2.32. The minimum absolute atomic E-state index is 0.00328. The van der Waals surface area contributed by atoms with Gasteiger partial charge in [-0.2, -0.15) is 0 Å². The van der Waals surface area contributed by atoms with Crippen LogP contribution in [0.3, 0.4) is 0 Å². The molecule has 3 heteroatoms. The summed E-state index contributed by atoms with van der Waals surface area (Å²) in [4.78, 5) is 11.9. The zero-order valence-corrected chi connectivity index (χ0v) is 13.6. The number of hydrogen-bond donors (Lipinski definition) is 2. The van der Waals surface area contributed by atoms with Gasteiger partial charge in [0, 0.05) is 23.3 Å². The number of carbonyl (C=O) groups is 1. The second-order valence-corrected chi connectivity index (χ2v) is 6.96. The predicted octanol–water partition coefficient (Wildman–Crippen LogP) is 4.06. The molecule has 1 aliphatic rings. The Balaban J connectivity index is 1.94. The van der Waals surface area contributed by atoms with E-state index in [0.717, 1.165) is 23.1 Å². The highest BCUT2D eigenvalue weighted by molar-refractivity contribution is 5.94. The molecule has 3 nitrogen and oxygen atoms in total. The lowest BCUT2D eigenvalue weighted by molar-refractivity contribution is 0.0943. The molecule has 2 unspecified atom stereocenters. The van der Waals surface area contributed by atoms with Crippen molar-refractivity contribution < 1.29 is 4.79 Å². The van der Waals surface area contributed by atoms with Gasteiger partial charge in [0.1, 0.15) is 0 Å². The van der Waals surface area contributed by atoms with Gasteiger partial charge in [-0.3, -0.25) is 4.79 Å². The highest BCUT2D eigenvalue weighted by Gasteiger charge is 2.23. The van der Waals surface area contributed by atoms with E-state index in [2.05, 4.69) is 24.5 Å². The molecule has 2 atom stereocenters. The molecule has 1 fully saturated rings. The monoisotopic (exact) mass is 288 g/mol. The molecule has 2 N–H and O–H groups in total. The molecule has 1 aromatic carbocycles. The number of anilines is 1. The molecule has 116 valence electrons. The molecule has 1 aromatic rings. The largest absolute Gasteiger partial charge is 0.382 e. The summed E-state index contributed by atoms with van der Waals surface area (Å²) < 4.78 is 0. The van der Waals surface area contributed by atoms with E-state index in [1.807, 2.05) is 38.1 Å². The molecule has 0 aliphatic heterocycles. The van der Waals surface area contributed by atoms with Crippen LogP contribution in [0.2, 0.25) is 0 Å². The summed E-state index contributed by atoms with van der Waals surface area (Å²) in [6.45, 7) is 8.62. The first-order chi connectivity index (χ1) is 9.94. The summed E-state index contributed by atoms with van der Waals surface area (Å²) in [7, 11) is 0. The Hall–Kier alpha value is -1.51. The van der Waals surface area contributed by atoms with Crippen LogP contribution in [0.25, 0.3) is 0 Å². The molecule has 0 spiro atoms. The van der Waals surface area contributed by atoms with Gasteiger partial charge < -0.3 is 10.6 Å². The van der Waals surface area contributed by atoms with Gasteiger partial charge in [0.25, 0.3) is 5.91 Å². The van der Waals surface area contributed by atoms with Crippen LogP contribution in [0.4, 0.5) is 5.69 Å². The normalized spacial score (nSPS) is 25.7. The SMILES string of the molecule is CC1CC(C)CC(Nc2ccc(C(=O)NC(C)C)cc2)C1. The van der Waals surface area contributed by atoms with Crippen molar-refractivity contribution >= 4 is 11.6 Å². The van der Waals surface area contributed by atoms with E-state index in [-0.39, 0.29) is 11.9 Å². The fraction of sp³-hybridized carbons (Fsp3) is 0.611. The first kappa shape index (κ1) is 15.9. The van der Waals surface area contributed by atoms with Gasteiger partial charge in [0.15, 0.2) is 0 Å². The highest BCUT2D eigenvalue weighted by Crippen LogP contribution is 2.30. The molecule has 2 rings (SSSR count). The van der Waals surface area contributed by atoms with E-state index in [9.17, 15) is 4.79 Å². The lowest BCUT2D eigenvalue weighted by Crippen LogP contribution is -2.30. The van der Waals surface area contributed by atoms with Crippen LogP contribution < -0.4 is 10.6 Å². The number of rotatable bonds is 4. The molecular formula is C18H28N2O. The number of benzene rings is 1. The third-order valence-corrected chi connectivity index (χ3v) is 4.12. The Morgan fingerprint density at radius 2 is 1.62 bits per heavy atom. The topological polar surface area (TPSA) is 41.1 Å². The summed E-state index contributed by atoms with van der Waals surface area (Å²) in [6.07, 6.45) is 3.81. The highest BCUT2D eigenvalue weighted by atomic mass is 16.1. The zero-order chi connectivity index (χ0) is 15.4. The Morgan fingerprint density at radius 3 is 2.14 bits per heavy atom. The van der Waals surface area contributed by atoms with E-state index in [4.69, 9.17) is 0 Å². The van der Waals surface area contributed by atoms with Crippen molar-refractivity contribution in [2.45, 2.75) is 59.0 Å². The van der Waals surface area contributed by atoms with E-state index >= 15 is 0 Å². The Morgan fingerprint density at radius 1 is 1.05 bits per heavy atom. The lowest BCUT2D eigenvalue weighted by atomic mass is 9.80. The third-order valence-electron chi connectivity index (χ3n) is 4.12. The summed E-state index contributed by atoms with van der Waals surface area (Å²) in [5, 5.41) is 6.53. The number of amides is 1. The molecule has 1 amide bonds. The van der Waals surface area contributed by atoms with Crippen molar-refractivity contribution in [2.75, 3.05) is 5.32 Å². The number of nitrogens with one attached hydrogen (secondary N) is 2. The van der Waals surface area contributed by atoms with Gasteiger partial charge in [-0.1, -0.05) is 13.8 Å². The maximum Gasteiger partial charge on any atom is 0.251 e. The van der Waals surface area contributed by atoms with Crippen LogP contribution in [-0.4, -0.2) is 18.0 Å². The summed E-state index contributed by atoms with van der Waals surface area (Å²) in [6, 6.07) is 8.55. The van der Waals surface area contributed by atoms with Crippen LogP contribution in [-0.2, 0) is 0 Å². The molecule has 1 saturated carbocycles. The fourth-order valence-electron chi connectivity index (χ4n) is 3.36. The number of carbonyl (C=O) groups excluding carboxylic acids is 1. The molecule has 0 radical (unpaired) electrons. The smallest absolute Gasteiger partial charge is 0.251 e. The van der Waals surface area contributed by atoms with Gasteiger partial charge >= 0.3 is 0 Å². The van der Waals surface area contributed by atoms with Gasteiger partial charge in [0.05, 0.1) is 0 Å². The van der Waals surface area contributed by atoms with Crippen LogP contribution in [0.1, 0.15) is 57.3 Å². The van der Waals surface area contributed by atoms with Gasteiger partial charge in [0.2, 0.25) is 0 Å². The Labute approximate surface area is 128 Å². The van der Waals surface area contributed by atoms with Crippen molar-refractivity contribution in [1.82, 2.24) is 5.32 Å². The first-order valence-electron chi connectivity index (χ1n) is 8.11. The summed E-state index contributed by atoms with van der Waals surface area (Å²) >= 11 is 0. The van der Waals surface area contributed by atoms with Gasteiger partial charge in [-0.15, -0.1) is 0 Å².